The van der Waals surface area contributed by atoms with Crippen LogP contribution in [0.1, 0.15) is 256 Å². The Labute approximate surface area is 358 Å². The van der Waals surface area contributed by atoms with E-state index in [-0.39, 0.29) is 10.8 Å². The van der Waals surface area contributed by atoms with Crippen LogP contribution in [-0.4, -0.2) is 9.73 Å². The Hall–Kier alpha value is -1.03. The van der Waals surface area contributed by atoms with Crippen LogP contribution in [0.3, 0.4) is 0 Å². The van der Waals surface area contributed by atoms with E-state index in [0.717, 1.165) is 22.6 Å². The number of aryl methyl sites for hydroxylation is 2. The van der Waals surface area contributed by atoms with Gasteiger partial charge in [0.1, 0.15) is 0 Å². The Morgan fingerprint density at radius 1 is 0.418 bits per heavy atom. The molecule has 0 aromatic heterocycles. The largest absolute Gasteiger partial charge is 0.0895 e. The van der Waals surface area contributed by atoms with E-state index in [4.69, 9.17) is 24.4 Å². The zero-order valence-corrected chi connectivity index (χ0v) is 40.4. The predicted octanol–water partition coefficient (Wildman–Crippen LogP) is 18.7. The Bertz CT molecular complexity index is 1280. The van der Waals surface area contributed by atoms with Crippen LogP contribution < -0.4 is 0 Å². The van der Waals surface area contributed by atoms with Gasteiger partial charge in [-0.05, 0) is 108 Å². The third-order valence-electron chi connectivity index (χ3n) is 11.6. The van der Waals surface area contributed by atoms with Gasteiger partial charge in [-0.3, -0.25) is 0 Å². The summed E-state index contributed by atoms with van der Waals surface area (Å²) in [6.45, 7) is 23.2. The maximum Gasteiger partial charge on any atom is 0.0227 e. The van der Waals surface area contributed by atoms with E-state index >= 15 is 0 Å². The van der Waals surface area contributed by atoms with Crippen LogP contribution in [0, 0.1) is 13.8 Å². The third kappa shape index (κ3) is 20.0. The Kier molecular flexibility index (Phi) is 25.2. The lowest BCUT2D eigenvalue weighted by Crippen LogP contribution is -2.18. The quantitative estimate of drug-likeness (QED) is 0.0438. The molecule has 0 bridgehead atoms. The second kappa shape index (κ2) is 27.6. The molecule has 0 fully saturated rings. The first kappa shape index (κ1) is 50.1. The molecule has 0 nitrogen and oxygen atoms in total. The fourth-order valence-electron chi connectivity index (χ4n) is 7.94. The van der Waals surface area contributed by atoms with Gasteiger partial charge in [0, 0.05) is 19.5 Å². The summed E-state index contributed by atoms with van der Waals surface area (Å²) < 4.78 is 0. The van der Waals surface area contributed by atoms with Gasteiger partial charge in [-0.25, -0.2) is 0 Å². The number of hydrogen-bond donors (Lipinski definition) is 0. The summed E-state index contributed by atoms with van der Waals surface area (Å²) in [6, 6.07) is 9.74. The average Bonchev–Trinajstić information content (AvgIpc) is 3.12. The van der Waals surface area contributed by atoms with Crippen LogP contribution in [0.5, 0.6) is 0 Å². The highest BCUT2D eigenvalue weighted by Gasteiger charge is 2.25. The third-order valence-corrected chi connectivity index (χ3v) is 13.7. The van der Waals surface area contributed by atoms with Crippen LogP contribution in [0.4, 0.5) is 0 Å². The Morgan fingerprint density at radius 3 is 0.927 bits per heavy atom. The monoisotopic (exact) mass is 807 g/mol. The SMILES string of the molecule is CCCCCCCCCCCCCCC(=S)c1cc(C)c(Sc2cc(C(C)(C)C)c(C(=S)CCCCCCCCCCCCCC)cc2C)cc1C(C)(C)C. The van der Waals surface area contributed by atoms with Crippen molar-refractivity contribution in [3.05, 3.63) is 57.6 Å². The molecule has 2 aromatic carbocycles. The van der Waals surface area contributed by atoms with Gasteiger partial charge in [0.2, 0.25) is 0 Å². The number of benzene rings is 2. The van der Waals surface area contributed by atoms with Gasteiger partial charge in [0.25, 0.3) is 0 Å². The summed E-state index contributed by atoms with van der Waals surface area (Å²) >= 11 is 14.3. The molecule has 0 aliphatic heterocycles. The van der Waals surface area contributed by atoms with Crippen LogP contribution in [-0.2, 0) is 10.8 Å². The first-order valence-electron chi connectivity index (χ1n) is 23.2. The Balaban J connectivity index is 2.00. The maximum absolute atomic E-state index is 6.17. The lowest BCUT2D eigenvalue weighted by molar-refractivity contribution is 0.546. The van der Waals surface area contributed by atoms with E-state index in [2.05, 4.69) is 93.5 Å². The minimum Gasteiger partial charge on any atom is -0.0895 e. The van der Waals surface area contributed by atoms with E-state index in [0.29, 0.717) is 0 Å². The van der Waals surface area contributed by atoms with E-state index < -0.39 is 0 Å². The summed E-state index contributed by atoms with van der Waals surface area (Å²) in [7, 11) is 0. The van der Waals surface area contributed by atoms with Gasteiger partial charge < -0.3 is 0 Å². The number of unbranched alkanes of at least 4 members (excludes halogenated alkanes) is 22. The minimum atomic E-state index is 0.0223. The molecule has 0 radical (unpaired) electrons. The molecular formula is C52H86S3. The molecule has 0 aliphatic carbocycles. The highest BCUT2D eigenvalue weighted by Crippen LogP contribution is 2.41. The molecule has 0 atom stereocenters. The topological polar surface area (TPSA) is 0 Å². The summed E-state index contributed by atoms with van der Waals surface area (Å²) in [4.78, 5) is 4.98. The molecule has 0 saturated carbocycles. The zero-order valence-electron chi connectivity index (χ0n) is 37.9. The lowest BCUT2D eigenvalue weighted by atomic mass is 9.81. The fourth-order valence-corrected chi connectivity index (χ4v) is 9.60. The maximum atomic E-state index is 6.17. The minimum absolute atomic E-state index is 0.0223. The van der Waals surface area contributed by atoms with E-state index in [1.54, 1.807) is 0 Å². The molecule has 2 rings (SSSR count). The average molecular weight is 807 g/mol. The van der Waals surface area contributed by atoms with Gasteiger partial charge in [-0.15, -0.1) is 0 Å². The molecule has 0 saturated heterocycles. The van der Waals surface area contributed by atoms with Crippen LogP contribution in [0.2, 0.25) is 0 Å². The molecule has 0 spiro atoms. The van der Waals surface area contributed by atoms with Crippen molar-refractivity contribution >= 4 is 45.9 Å². The molecule has 3 heteroatoms. The van der Waals surface area contributed by atoms with Crippen LogP contribution in [0.15, 0.2) is 34.1 Å². The van der Waals surface area contributed by atoms with Crippen molar-refractivity contribution in [2.45, 2.75) is 257 Å². The van der Waals surface area contributed by atoms with Crippen LogP contribution >= 0.6 is 36.2 Å². The summed E-state index contributed by atoms with van der Waals surface area (Å²) in [6.07, 6.45) is 35.0. The molecule has 0 unspecified atom stereocenters. The molecule has 2 aromatic rings. The van der Waals surface area contributed by atoms with Gasteiger partial charge in [-0.2, -0.15) is 0 Å². The van der Waals surface area contributed by atoms with Crippen molar-refractivity contribution in [1.29, 1.82) is 0 Å². The predicted molar refractivity (Wildman–Crippen MR) is 259 cm³/mol. The highest BCUT2D eigenvalue weighted by atomic mass is 32.2. The molecule has 0 N–H and O–H groups in total. The van der Waals surface area contributed by atoms with Gasteiger partial charge in [0.15, 0.2) is 0 Å². The number of hydrogen-bond acceptors (Lipinski definition) is 3. The smallest absolute Gasteiger partial charge is 0.0227 e. The fraction of sp³-hybridized carbons (Fsp3) is 0.731. The standard InChI is InChI=1S/C52H86S3/c1-11-13-15-17-19-21-23-25-27-29-31-33-35-47(53)43-37-41(3)49(39-45(43)51(5,6)7)55-50-40-46(52(8,9)10)44(38-42(50)4)48(54)36-34-32-30-28-26-24-22-20-18-16-14-12-2/h37-40H,11-36H2,1-10H3. The zero-order chi connectivity index (χ0) is 40.7. The normalized spacial score (nSPS) is 12.1. The van der Waals surface area contributed by atoms with Crippen molar-refractivity contribution in [2.24, 2.45) is 0 Å². The Morgan fingerprint density at radius 2 is 0.673 bits per heavy atom. The van der Waals surface area contributed by atoms with Crippen molar-refractivity contribution in [2.75, 3.05) is 0 Å². The highest BCUT2D eigenvalue weighted by molar-refractivity contribution is 7.99. The molecule has 312 valence electrons. The number of rotatable bonds is 30. The molecular weight excluding hydrogens is 721 g/mol. The van der Waals surface area contributed by atoms with E-state index in [9.17, 15) is 0 Å². The van der Waals surface area contributed by atoms with E-state index in [1.807, 2.05) is 11.8 Å². The van der Waals surface area contributed by atoms with Crippen molar-refractivity contribution in [1.82, 2.24) is 0 Å². The van der Waals surface area contributed by atoms with Crippen molar-refractivity contribution in [3.8, 4) is 0 Å². The molecule has 0 heterocycles. The van der Waals surface area contributed by atoms with Crippen LogP contribution in [0.25, 0.3) is 0 Å². The summed E-state index contributed by atoms with van der Waals surface area (Å²) in [5.74, 6) is 0. The summed E-state index contributed by atoms with van der Waals surface area (Å²) in [5, 5.41) is 0. The van der Waals surface area contributed by atoms with E-state index in [1.165, 1.54) is 197 Å². The molecule has 0 aliphatic rings. The number of thiocarbonyl (C=S) groups is 2. The summed E-state index contributed by atoms with van der Waals surface area (Å²) in [5.41, 5.74) is 8.08. The van der Waals surface area contributed by atoms with Crippen molar-refractivity contribution in [3.63, 3.8) is 0 Å². The van der Waals surface area contributed by atoms with Gasteiger partial charge in [-0.1, -0.05) is 233 Å². The van der Waals surface area contributed by atoms with Gasteiger partial charge >= 0.3 is 0 Å². The first-order valence-corrected chi connectivity index (χ1v) is 24.9. The van der Waals surface area contributed by atoms with Gasteiger partial charge in [0.05, 0.1) is 0 Å². The van der Waals surface area contributed by atoms with Crippen molar-refractivity contribution < 1.29 is 0 Å². The lowest BCUT2D eigenvalue weighted by Gasteiger charge is -2.27. The molecule has 55 heavy (non-hydrogen) atoms. The second-order valence-corrected chi connectivity index (χ2v) is 21.1. The molecule has 0 amide bonds. The second-order valence-electron chi connectivity index (χ2n) is 19.1. The first-order chi connectivity index (χ1) is 26.2.